The van der Waals surface area contributed by atoms with E-state index in [1.54, 1.807) is 4.52 Å². The van der Waals surface area contributed by atoms with Crippen molar-refractivity contribution in [2.45, 2.75) is 13.0 Å². The van der Waals surface area contributed by atoms with Crippen molar-refractivity contribution in [2.75, 3.05) is 19.0 Å². The van der Waals surface area contributed by atoms with Crippen LogP contribution in [0, 0.1) is 0 Å². The van der Waals surface area contributed by atoms with Crippen molar-refractivity contribution in [2.24, 2.45) is 0 Å². The van der Waals surface area contributed by atoms with Crippen LogP contribution in [-0.2, 0) is 0 Å². The fraction of sp³-hybridized carbons (Fsp3) is 0.211. The molecule has 26 heavy (non-hydrogen) atoms. The highest BCUT2D eigenvalue weighted by Crippen LogP contribution is 2.28. The molecule has 0 fully saturated rings. The van der Waals surface area contributed by atoms with Crippen molar-refractivity contribution >= 4 is 22.0 Å². The van der Waals surface area contributed by atoms with Gasteiger partial charge in [0.15, 0.2) is 10.8 Å². The van der Waals surface area contributed by atoms with Crippen LogP contribution in [0.25, 0.3) is 16.3 Å². The Morgan fingerprint density at radius 3 is 2.42 bits per heavy atom. The average Bonchev–Trinajstić information content (AvgIpc) is 3.23. The number of benzene rings is 2. The molecule has 2 aromatic carbocycles. The van der Waals surface area contributed by atoms with Crippen LogP contribution in [0.4, 0.5) is 5.69 Å². The van der Waals surface area contributed by atoms with E-state index in [1.165, 1.54) is 11.3 Å². The average molecular weight is 365 g/mol. The van der Waals surface area contributed by atoms with Gasteiger partial charge in [0, 0.05) is 25.3 Å². The van der Waals surface area contributed by atoms with E-state index in [-0.39, 0.29) is 6.10 Å². The van der Waals surface area contributed by atoms with Gasteiger partial charge in [-0.25, -0.2) is 0 Å². The van der Waals surface area contributed by atoms with Crippen LogP contribution in [0.2, 0.25) is 0 Å². The number of fused-ring (bicyclic) bond motifs is 1. The molecule has 7 heteroatoms. The van der Waals surface area contributed by atoms with Crippen LogP contribution in [0.1, 0.15) is 18.0 Å². The second kappa shape index (κ2) is 6.76. The van der Waals surface area contributed by atoms with Gasteiger partial charge >= 0.3 is 0 Å². The molecule has 0 saturated carbocycles. The second-order valence-corrected chi connectivity index (χ2v) is 7.16. The molecule has 1 atom stereocenters. The summed E-state index contributed by atoms with van der Waals surface area (Å²) in [4.78, 5) is 2.82. The number of hydrogen-bond acceptors (Lipinski definition) is 6. The predicted octanol–water partition coefficient (Wildman–Crippen LogP) is 4.06. The molecule has 0 amide bonds. The number of nitrogens with zero attached hydrogens (tertiary/aromatic N) is 5. The first-order valence-electron chi connectivity index (χ1n) is 8.33. The van der Waals surface area contributed by atoms with Crippen LogP contribution in [0.3, 0.4) is 0 Å². The second-order valence-electron chi connectivity index (χ2n) is 6.17. The molecule has 0 spiro atoms. The lowest BCUT2D eigenvalue weighted by Crippen LogP contribution is -2.08. The van der Waals surface area contributed by atoms with Crippen LogP contribution >= 0.6 is 11.3 Å². The molecule has 4 rings (SSSR count). The maximum Gasteiger partial charge on any atom is 0.235 e. The zero-order chi connectivity index (χ0) is 18.1. The first-order valence-corrected chi connectivity index (χ1v) is 9.15. The number of ether oxygens (including phenoxy) is 1. The molecule has 0 bridgehead atoms. The molecule has 2 heterocycles. The fourth-order valence-electron chi connectivity index (χ4n) is 2.64. The van der Waals surface area contributed by atoms with Gasteiger partial charge in [0.25, 0.3) is 0 Å². The lowest BCUT2D eigenvalue weighted by atomic mass is 10.2. The van der Waals surface area contributed by atoms with E-state index >= 15 is 0 Å². The van der Waals surface area contributed by atoms with E-state index in [2.05, 4.69) is 32.3 Å². The molecule has 6 nitrogen and oxygen atoms in total. The molecular formula is C19H19N5OS. The zero-order valence-electron chi connectivity index (χ0n) is 14.8. The molecule has 2 aromatic heterocycles. The highest BCUT2D eigenvalue weighted by Gasteiger charge is 2.18. The van der Waals surface area contributed by atoms with Crippen molar-refractivity contribution in [3.05, 3.63) is 59.6 Å². The van der Waals surface area contributed by atoms with E-state index < -0.39 is 0 Å². The number of rotatable bonds is 5. The Labute approximate surface area is 155 Å². The summed E-state index contributed by atoms with van der Waals surface area (Å²) in [6.45, 7) is 1.99. The summed E-state index contributed by atoms with van der Waals surface area (Å²) in [5, 5.41) is 14.1. The van der Waals surface area contributed by atoms with Crippen molar-refractivity contribution in [1.29, 1.82) is 0 Å². The maximum atomic E-state index is 5.97. The van der Waals surface area contributed by atoms with Crippen molar-refractivity contribution in [3.63, 3.8) is 0 Å². The normalized spacial score (nSPS) is 12.3. The third-order valence-electron chi connectivity index (χ3n) is 4.05. The maximum absolute atomic E-state index is 5.97. The minimum Gasteiger partial charge on any atom is -0.483 e. The molecule has 0 radical (unpaired) electrons. The predicted molar refractivity (Wildman–Crippen MR) is 104 cm³/mol. The minimum atomic E-state index is -0.159. The molecule has 132 valence electrons. The molecule has 0 aliphatic rings. The molecule has 4 aromatic rings. The summed E-state index contributed by atoms with van der Waals surface area (Å²) in [6.07, 6.45) is -0.159. The number of hydrogen-bond donors (Lipinski definition) is 0. The summed E-state index contributed by atoms with van der Waals surface area (Å²) in [5.74, 6) is 1.56. The molecule has 0 saturated heterocycles. The third-order valence-corrected chi connectivity index (χ3v) is 5.11. The van der Waals surface area contributed by atoms with E-state index in [4.69, 9.17) is 4.74 Å². The summed E-state index contributed by atoms with van der Waals surface area (Å²) in [5.41, 5.74) is 2.12. The van der Waals surface area contributed by atoms with E-state index in [1.807, 2.05) is 63.5 Å². The molecule has 0 N–H and O–H groups in total. The smallest absolute Gasteiger partial charge is 0.235 e. The lowest BCUT2D eigenvalue weighted by molar-refractivity contribution is 0.225. The summed E-state index contributed by atoms with van der Waals surface area (Å²) < 4.78 is 7.76. The van der Waals surface area contributed by atoms with Gasteiger partial charge in [0.1, 0.15) is 11.9 Å². The van der Waals surface area contributed by atoms with E-state index in [0.29, 0.717) is 0 Å². The van der Waals surface area contributed by atoms with Crippen LogP contribution in [0.5, 0.6) is 5.75 Å². The summed E-state index contributed by atoms with van der Waals surface area (Å²) >= 11 is 1.49. The third kappa shape index (κ3) is 3.13. The first-order chi connectivity index (χ1) is 12.6. The molecule has 0 aliphatic carbocycles. The highest BCUT2D eigenvalue weighted by molar-refractivity contribution is 7.16. The number of para-hydroxylation sites is 1. The summed E-state index contributed by atoms with van der Waals surface area (Å²) in [6, 6.07) is 17.9. The highest BCUT2D eigenvalue weighted by atomic mass is 32.1. The van der Waals surface area contributed by atoms with Gasteiger partial charge in [-0.15, -0.1) is 10.2 Å². The molecule has 1 unspecified atom stereocenters. The molecule has 0 aliphatic heterocycles. The quantitative estimate of drug-likeness (QED) is 0.534. The van der Waals surface area contributed by atoms with Gasteiger partial charge in [-0.05, 0) is 43.3 Å². The fourth-order valence-corrected chi connectivity index (χ4v) is 3.46. The van der Waals surface area contributed by atoms with Gasteiger partial charge in [-0.2, -0.15) is 9.61 Å². The van der Waals surface area contributed by atoms with Crippen molar-refractivity contribution in [3.8, 4) is 17.1 Å². The van der Waals surface area contributed by atoms with Crippen LogP contribution in [0.15, 0.2) is 54.6 Å². The minimum absolute atomic E-state index is 0.159. The van der Waals surface area contributed by atoms with Crippen LogP contribution < -0.4 is 9.64 Å². The SMILES string of the molecule is CC(Oc1ccccc1)c1nn2c(-c3ccc(N(C)C)cc3)nnc2s1. The van der Waals surface area contributed by atoms with Crippen LogP contribution in [-0.4, -0.2) is 33.9 Å². The van der Waals surface area contributed by atoms with Gasteiger partial charge < -0.3 is 9.64 Å². The topological polar surface area (TPSA) is 55.6 Å². The van der Waals surface area contributed by atoms with Gasteiger partial charge in [0.05, 0.1) is 0 Å². The standard InChI is InChI=1S/C19H19N5OS/c1-13(25-16-7-5-4-6-8-16)18-22-24-17(20-21-19(24)26-18)14-9-11-15(12-10-14)23(2)3/h4-13H,1-3H3. The largest absolute Gasteiger partial charge is 0.483 e. The number of anilines is 1. The Bertz CT molecular complexity index is 1010. The monoisotopic (exact) mass is 365 g/mol. The number of aromatic nitrogens is 4. The first kappa shape index (κ1) is 16.5. The Morgan fingerprint density at radius 2 is 1.73 bits per heavy atom. The van der Waals surface area contributed by atoms with E-state index in [0.717, 1.165) is 32.8 Å². The zero-order valence-corrected chi connectivity index (χ0v) is 15.6. The summed E-state index contributed by atoms with van der Waals surface area (Å²) in [7, 11) is 4.04. The lowest BCUT2D eigenvalue weighted by Gasteiger charge is -2.12. The Hall–Kier alpha value is -2.93. The van der Waals surface area contributed by atoms with Gasteiger partial charge in [0.2, 0.25) is 4.96 Å². The Morgan fingerprint density at radius 1 is 1.00 bits per heavy atom. The van der Waals surface area contributed by atoms with Crippen molar-refractivity contribution < 1.29 is 4.74 Å². The van der Waals surface area contributed by atoms with Crippen molar-refractivity contribution in [1.82, 2.24) is 19.8 Å². The van der Waals surface area contributed by atoms with Gasteiger partial charge in [-0.3, -0.25) is 0 Å². The van der Waals surface area contributed by atoms with Gasteiger partial charge in [-0.1, -0.05) is 29.5 Å². The van der Waals surface area contributed by atoms with E-state index in [9.17, 15) is 0 Å². The Kier molecular flexibility index (Phi) is 4.30. The Balaban J connectivity index is 1.62. The molecular weight excluding hydrogens is 346 g/mol.